The second-order valence-corrected chi connectivity index (χ2v) is 3.47. The molecule has 0 heterocycles. The summed E-state index contributed by atoms with van der Waals surface area (Å²) in [5.41, 5.74) is 5.60. The van der Waals surface area contributed by atoms with Crippen molar-refractivity contribution in [2.24, 2.45) is 5.73 Å². The summed E-state index contributed by atoms with van der Waals surface area (Å²) >= 11 is 0. The molecule has 2 N–H and O–H groups in total. The lowest BCUT2D eigenvalue weighted by Gasteiger charge is -2.26. The first-order valence-corrected chi connectivity index (χ1v) is 4.41. The topological polar surface area (TPSA) is 35.2 Å². The van der Waals surface area contributed by atoms with Crippen LogP contribution >= 0.6 is 0 Å². The molecule has 1 fully saturated rings. The molecule has 0 aliphatic heterocycles. The first kappa shape index (κ1) is 10.8. The first-order chi connectivity index (χ1) is 5.97. The third-order valence-electron chi connectivity index (χ3n) is 2.15. The maximum atomic E-state index is 11.8. The Morgan fingerprint density at radius 2 is 2.00 bits per heavy atom. The van der Waals surface area contributed by atoms with Gasteiger partial charge >= 0.3 is 6.18 Å². The Morgan fingerprint density at radius 3 is 2.54 bits per heavy atom. The van der Waals surface area contributed by atoms with Crippen LogP contribution in [0.4, 0.5) is 13.2 Å². The van der Waals surface area contributed by atoms with Gasteiger partial charge < -0.3 is 10.5 Å². The average Bonchev–Trinajstić information content (AvgIpc) is 2.00. The summed E-state index contributed by atoms with van der Waals surface area (Å²) in [5, 5.41) is 0. The van der Waals surface area contributed by atoms with Gasteiger partial charge in [0.1, 0.15) is 6.61 Å². The van der Waals surface area contributed by atoms with Crippen LogP contribution < -0.4 is 5.73 Å². The molecule has 0 bridgehead atoms. The van der Waals surface area contributed by atoms with Crippen LogP contribution in [0.3, 0.4) is 0 Å². The maximum Gasteiger partial charge on any atom is 0.411 e. The van der Waals surface area contributed by atoms with E-state index in [0.29, 0.717) is 12.8 Å². The molecule has 13 heavy (non-hydrogen) atoms. The van der Waals surface area contributed by atoms with Gasteiger partial charge in [-0.3, -0.25) is 0 Å². The largest absolute Gasteiger partial charge is 0.411 e. The fourth-order valence-electron chi connectivity index (χ4n) is 1.54. The minimum Gasteiger partial charge on any atom is -0.369 e. The SMILES string of the molecule is N[C@@H]1CCC[C@H](OCC(F)(F)F)C1. The monoisotopic (exact) mass is 197 g/mol. The van der Waals surface area contributed by atoms with Crippen molar-refractivity contribution in [1.82, 2.24) is 0 Å². The van der Waals surface area contributed by atoms with Crippen LogP contribution in [0.25, 0.3) is 0 Å². The van der Waals surface area contributed by atoms with E-state index in [1.165, 1.54) is 0 Å². The fourth-order valence-corrected chi connectivity index (χ4v) is 1.54. The Kier molecular flexibility index (Phi) is 3.55. The Labute approximate surface area is 75.2 Å². The van der Waals surface area contributed by atoms with Crippen molar-refractivity contribution in [3.8, 4) is 0 Å². The first-order valence-electron chi connectivity index (χ1n) is 4.41. The molecule has 1 saturated carbocycles. The van der Waals surface area contributed by atoms with Crippen LogP contribution in [0.5, 0.6) is 0 Å². The summed E-state index contributed by atoms with van der Waals surface area (Å²) < 4.78 is 40.0. The Balaban J connectivity index is 2.21. The minimum atomic E-state index is -4.22. The second kappa shape index (κ2) is 4.28. The predicted molar refractivity (Wildman–Crippen MR) is 42.2 cm³/mol. The third-order valence-corrected chi connectivity index (χ3v) is 2.15. The van der Waals surface area contributed by atoms with Crippen molar-refractivity contribution in [2.45, 2.75) is 44.0 Å². The third kappa shape index (κ3) is 4.47. The van der Waals surface area contributed by atoms with E-state index in [4.69, 9.17) is 10.5 Å². The van der Waals surface area contributed by atoms with Crippen LogP contribution in [0, 0.1) is 0 Å². The summed E-state index contributed by atoms with van der Waals surface area (Å²) in [4.78, 5) is 0. The van der Waals surface area contributed by atoms with Crippen LogP contribution in [0.15, 0.2) is 0 Å². The van der Waals surface area contributed by atoms with Crippen molar-refractivity contribution >= 4 is 0 Å². The smallest absolute Gasteiger partial charge is 0.369 e. The molecular weight excluding hydrogens is 183 g/mol. The second-order valence-electron chi connectivity index (χ2n) is 3.47. The van der Waals surface area contributed by atoms with E-state index in [9.17, 15) is 13.2 Å². The van der Waals surface area contributed by atoms with Gasteiger partial charge in [0, 0.05) is 6.04 Å². The standard InChI is InChI=1S/C8H14F3NO/c9-8(10,11)5-13-7-3-1-2-6(12)4-7/h6-7H,1-5,12H2/t6-,7+/m1/s1. The molecule has 0 aromatic rings. The lowest BCUT2D eigenvalue weighted by atomic mass is 9.94. The molecule has 1 rings (SSSR count). The molecule has 5 heteroatoms. The Morgan fingerprint density at radius 1 is 1.31 bits per heavy atom. The van der Waals surface area contributed by atoms with Crippen molar-refractivity contribution < 1.29 is 17.9 Å². The summed E-state index contributed by atoms with van der Waals surface area (Å²) in [6.07, 6.45) is -1.51. The normalized spacial score (nSPS) is 30.5. The van der Waals surface area contributed by atoms with E-state index < -0.39 is 12.8 Å². The predicted octanol–water partition coefficient (Wildman–Crippen LogP) is 1.84. The van der Waals surface area contributed by atoms with E-state index >= 15 is 0 Å². The van der Waals surface area contributed by atoms with Crippen LogP contribution in [0.2, 0.25) is 0 Å². The van der Waals surface area contributed by atoms with Gasteiger partial charge in [-0.2, -0.15) is 13.2 Å². The molecule has 0 aromatic carbocycles. The average molecular weight is 197 g/mol. The van der Waals surface area contributed by atoms with Gasteiger partial charge in [-0.1, -0.05) is 0 Å². The molecule has 1 aliphatic rings. The van der Waals surface area contributed by atoms with Gasteiger partial charge in [0.05, 0.1) is 6.10 Å². The molecule has 2 atom stereocenters. The molecule has 0 amide bonds. The van der Waals surface area contributed by atoms with Gasteiger partial charge in [0.15, 0.2) is 0 Å². The highest BCUT2D eigenvalue weighted by Gasteiger charge is 2.30. The Hall–Kier alpha value is -0.290. The molecule has 0 aromatic heterocycles. The molecule has 1 aliphatic carbocycles. The number of alkyl halides is 3. The van der Waals surface area contributed by atoms with Gasteiger partial charge in [-0.25, -0.2) is 0 Å². The molecule has 0 spiro atoms. The van der Waals surface area contributed by atoms with E-state index in [-0.39, 0.29) is 12.1 Å². The molecule has 78 valence electrons. The highest BCUT2D eigenvalue weighted by atomic mass is 19.4. The zero-order valence-corrected chi connectivity index (χ0v) is 7.31. The van der Waals surface area contributed by atoms with Gasteiger partial charge in [0.2, 0.25) is 0 Å². The molecule has 2 nitrogen and oxygen atoms in total. The maximum absolute atomic E-state index is 11.8. The molecule has 0 radical (unpaired) electrons. The number of halogens is 3. The van der Waals surface area contributed by atoms with Crippen LogP contribution in [-0.4, -0.2) is 24.9 Å². The zero-order valence-electron chi connectivity index (χ0n) is 7.31. The number of ether oxygens (including phenoxy) is 1. The summed E-state index contributed by atoms with van der Waals surface area (Å²) in [5.74, 6) is 0. The summed E-state index contributed by atoms with van der Waals surface area (Å²) in [6.45, 7) is -1.15. The number of hydrogen-bond acceptors (Lipinski definition) is 2. The zero-order chi connectivity index (χ0) is 9.90. The molecule has 0 unspecified atom stereocenters. The summed E-state index contributed by atoms with van der Waals surface area (Å²) in [7, 11) is 0. The van der Waals surface area contributed by atoms with Crippen molar-refractivity contribution in [3.05, 3.63) is 0 Å². The van der Waals surface area contributed by atoms with E-state index in [0.717, 1.165) is 12.8 Å². The van der Waals surface area contributed by atoms with Crippen molar-refractivity contribution in [1.29, 1.82) is 0 Å². The highest BCUT2D eigenvalue weighted by molar-refractivity contribution is 4.75. The van der Waals surface area contributed by atoms with Gasteiger partial charge in [-0.15, -0.1) is 0 Å². The van der Waals surface area contributed by atoms with E-state index in [2.05, 4.69) is 0 Å². The van der Waals surface area contributed by atoms with Crippen molar-refractivity contribution in [2.75, 3.05) is 6.61 Å². The highest BCUT2D eigenvalue weighted by Crippen LogP contribution is 2.22. The molecule has 0 saturated heterocycles. The van der Waals surface area contributed by atoms with Crippen molar-refractivity contribution in [3.63, 3.8) is 0 Å². The Bertz CT molecular complexity index is 160. The lowest BCUT2D eigenvalue weighted by molar-refractivity contribution is -0.188. The fraction of sp³-hybridized carbons (Fsp3) is 1.00. The number of rotatable bonds is 2. The number of nitrogens with two attached hydrogens (primary N) is 1. The van der Waals surface area contributed by atoms with Crippen LogP contribution in [-0.2, 0) is 4.74 Å². The van der Waals surface area contributed by atoms with Gasteiger partial charge in [-0.05, 0) is 25.7 Å². The van der Waals surface area contributed by atoms with Crippen LogP contribution in [0.1, 0.15) is 25.7 Å². The lowest BCUT2D eigenvalue weighted by Crippen LogP contribution is -2.34. The summed E-state index contributed by atoms with van der Waals surface area (Å²) in [6, 6.07) is 0.00647. The van der Waals surface area contributed by atoms with Gasteiger partial charge in [0.25, 0.3) is 0 Å². The molecular formula is C8H14F3NO. The quantitative estimate of drug-likeness (QED) is 0.733. The van der Waals surface area contributed by atoms with E-state index in [1.807, 2.05) is 0 Å². The minimum absolute atomic E-state index is 0.00647. The number of hydrogen-bond donors (Lipinski definition) is 1. The van der Waals surface area contributed by atoms with E-state index in [1.54, 1.807) is 0 Å².